The molecule has 0 N–H and O–H groups in total. The van der Waals surface area contributed by atoms with Crippen LogP contribution in [0.2, 0.25) is 5.02 Å². The van der Waals surface area contributed by atoms with Gasteiger partial charge in [0.1, 0.15) is 6.04 Å². The van der Waals surface area contributed by atoms with Crippen molar-refractivity contribution in [1.82, 2.24) is 4.90 Å². The first kappa shape index (κ1) is 16.5. The Morgan fingerprint density at radius 2 is 1.75 bits per heavy atom. The van der Waals surface area contributed by atoms with Gasteiger partial charge in [0.15, 0.2) is 0 Å². The van der Waals surface area contributed by atoms with Gasteiger partial charge in [-0.15, -0.1) is 0 Å². The number of rotatable bonds is 2. The third kappa shape index (κ3) is 2.89. The number of piperazine rings is 1. The van der Waals surface area contributed by atoms with Crippen molar-refractivity contribution in [3.63, 3.8) is 0 Å². The zero-order valence-electron chi connectivity index (χ0n) is 13.7. The molecule has 0 saturated carbocycles. The molecule has 3 rings (SSSR count). The summed E-state index contributed by atoms with van der Waals surface area (Å²) < 4.78 is 0. The van der Waals surface area contributed by atoms with Gasteiger partial charge in [-0.2, -0.15) is 0 Å². The van der Waals surface area contributed by atoms with Crippen LogP contribution in [0.3, 0.4) is 0 Å². The third-order valence-electron chi connectivity index (χ3n) is 4.44. The molecule has 1 heterocycles. The van der Waals surface area contributed by atoms with E-state index in [1.807, 2.05) is 43.3 Å². The lowest BCUT2D eigenvalue weighted by Crippen LogP contribution is -2.57. The summed E-state index contributed by atoms with van der Waals surface area (Å²) in [6.07, 6.45) is 0. The highest BCUT2D eigenvalue weighted by Crippen LogP contribution is 2.28. The minimum atomic E-state index is -0.526. The van der Waals surface area contributed by atoms with Gasteiger partial charge in [0, 0.05) is 18.7 Å². The maximum Gasteiger partial charge on any atom is 0.254 e. The molecule has 124 valence electrons. The van der Waals surface area contributed by atoms with E-state index in [0.29, 0.717) is 29.4 Å². The molecule has 1 fully saturated rings. The van der Waals surface area contributed by atoms with Crippen LogP contribution < -0.4 is 4.90 Å². The van der Waals surface area contributed by atoms with Gasteiger partial charge in [-0.25, -0.2) is 0 Å². The maximum absolute atomic E-state index is 12.8. The predicted octanol–water partition coefficient (Wildman–Crippen LogP) is 3.53. The van der Waals surface area contributed by atoms with Crippen molar-refractivity contribution in [2.24, 2.45) is 0 Å². The SMILES string of the molecule is Cc1ccccc1C(=O)N1CCN(c2ccccc2Cl)C(=O)C1C. The lowest BCUT2D eigenvalue weighted by atomic mass is 10.0. The Bertz CT molecular complexity index is 790. The molecule has 1 aliphatic rings. The van der Waals surface area contributed by atoms with E-state index in [-0.39, 0.29) is 11.8 Å². The van der Waals surface area contributed by atoms with Crippen LogP contribution in [0, 0.1) is 6.92 Å². The van der Waals surface area contributed by atoms with Crippen LogP contribution in [-0.4, -0.2) is 35.8 Å². The van der Waals surface area contributed by atoms with Crippen molar-refractivity contribution in [2.45, 2.75) is 19.9 Å². The smallest absolute Gasteiger partial charge is 0.254 e. The van der Waals surface area contributed by atoms with Gasteiger partial charge in [-0.3, -0.25) is 9.59 Å². The van der Waals surface area contributed by atoms with Crippen molar-refractivity contribution in [3.8, 4) is 0 Å². The molecule has 0 aromatic heterocycles. The molecule has 1 atom stereocenters. The quantitative estimate of drug-likeness (QED) is 0.837. The fourth-order valence-corrected chi connectivity index (χ4v) is 3.26. The Kier molecular flexibility index (Phi) is 4.58. The molecule has 0 bridgehead atoms. The summed E-state index contributed by atoms with van der Waals surface area (Å²) >= 11 is 6.21. The molecule has 0 aliphatic carbocycles. The first-order chi connectivity index (χ1) is 11.5. The number of hydrogen-bond donors (Lipinski definition) is 0. The largest absolute Gasteiger partial charge is 0.325 e. The highest BCUT2D eigenvalue weighted by atomic mass is 35.5. The van der Waals surface area contributed by atoms with Gasteiger partial charge in [0.05, 0.1) is 10.7 Å². The Hall–Kier alpha value is -2.33. The van der Waals surface area contributed by atoms with Crippen LogP contribution in [0.5, 0.6) is 0 Å². The van der Waals surface area contributed by atoms with Gasteiger partial charge >= 0.3 is 0 Å². The van der Waals surface area contributed by atoms with E-state index in [1.54, 1.807) is 28.9 Å². The summed E-state index contributed by atoms with van der Waals surface area (Å²) in [7, 11) is 0. The lowest BCUT2D eigenvalue weighted by Gasteiger charge is -2.39. The van der Waals surface area contributed by atoms with Crippen LogP contribution in [0.15, 0.2) is 48.5 Å². The standard InChI is InChI=1S/C19H19ClN2O2/c1-13-7-3-4-8-15(13)19(24)21-11-12-22(18(23)14(21)2)17-10-6-5-9-16(17)20/h3-10,14H,11-12H2,1-2H3. The number of carbonyl (C=O) groups is 2. The average Bonchev–Trinajstić information content (AvgIpc) is 2.58. The van der Waals surface area contributed by atoms with Crippen LogP contribution in [0.1, 0.15) is 22.8 Å². The lowest BCUT2D eigenvalue weighted by molar-refractivity contribution is -0.124. The normalized spacial score (nSPS) is 18.0. The Morgan fingerprint density at radius 3 is 2.46 bits per heavy atom. The first-order valence-corrected chi connectivity index (χ1v) is 8.31. The van der Waals surface area contributed by atoms with Crippen molar-refractivity contribution in [2.75, 3.05) is 18.0 Å². The minimum absolute atomic E-state index is 0.104. The second-order valence-electron chi connectivity index (χ2n) is 5.93. The van der Waals surface area contributed by atoms with Crippen LogP contribution in [0.4, 0.5) is 5.69 Å². The topological polar surface area (TPSA) is 40.6 Å². The fraction of sp³-hybridized carbons (Fsp3) is 0.263. The number of para-hydroxylation sites is 1. The zero-order chi connectivity index (χ0) is 17.3. The van der Waals surface area contributed by atoms with Gasteiger partial charge in [0.25, 0.3) is 5.91 Å². The van der Waals surface area contributed by atoms with E-state index in [2.05, 4.69) is 0 Å². The molecule has 24 heavy (non-hydrogen) atoms. The van der Waals surface area contributed by atoms with Gasteiger partial charge in [0.2, 0.25) is 5.91 Å². The Morgan fingerprint density at radius 1 is 1.08 bits per heavy atom. The molecule has 0 radical (unpaired) electrons. The summed E-state index contributed by atoms with van der Waals surface area (Å²) in [5, 5.41) is 0.539. The average molecular weight is 343 g/mol. The summed E-state index contributed by atoms with van der Waals surface area (Å²) in [5.41, 5.74) is 2.25. The van der Waals surface area contributed by atoms with Gasteiger partial charge in [-0.1, -0.05) is 41.9 Å². The molecule has 2 aromatic carbocycles. The van der Waals surface area contributed by atoms with Crippen molar-refractivity contribution in [3.05, 3.63) is 64.7 Å². The molecular formula is C19H19ClN2O2. The number of carbonyl (C=O) groups excluding carboxylic acids is 2. The third-order valence-corrected chi connectivity index (χ3v) is 4.75. The van der Waals surface area contributed by atoms with Crippen LogP contribution >= 0.6 is 11.6 Å². The summed E-state index contributed by atoms with van der Waals surface area (Å²) in [5.74, 6) is -0.218. The van der Waals surface area contributed by atoms with E-state index in [1.165, 1.54) is 0 Å². The van der Waals surface area contributed by atoms with Crippen LogP contribution in [0.25, 0.3) is 0 Å². The summed E-state index contributed by atoms with van der Waals surface area (Å²) in [6.45, 7) is 4.58. The zero-order valence-corrected chi connectivity index (χ0v) is 14.5. The molecule has 1 aliphatic heterocycles. The van der Waals surface area contributed by atoms with E-state index >= 15 is 0 Å². The molecule has 4 nitrogen and oxygen atoms in total. The minimum Gasteiger partial charge on any atom is -0.325 e. The van der Waals surface area contributed by atoms with E-state index < -0.39 is 6.04 Å². The highest BCUT2D eigenvalue weighted by Gasteiger charge is 2.36. The van der Waals surface area contributed by atoms with Gasteiger partial charge in [-0.05, 0) is 37.6 Å². The maximum atomic E-state index is 12.8. The second kappa shape index (κ2) is 6.65. The Balaban J connectivity index is 1.84. The molecule has 5 heteroatoms. The molecule has 2 aromatic rings. The number of benzene rings is 2. The fourth-order valence-electron chi connectivity index (χ4n) is 3.03. The van der Waals surface area contributed by atoms with Crippen molar-refractivity contribution >= 4 is 29.1 Å². The predicted molar refractivity (Wildman–Crippen MR) is 95.5 cm³/mol. The van der Waals surface area contributed by atoms with E-state index in [4.69, 9.17) is 11.6 Å². The number of aryl methyl sites for hydroxylation is 1. The number of nitrogens with zero attached hydrogens (tertiary/aromatic N) is 2. The highest BCUT2D eigenvalue weighted by molar-refractivity contribution is 6.33. The number of hydrogen-bond acceptors (Lipinski definition) is 2. The second-order valence-corrected chi connectivity index (χ2v) is 6.34. The van der Waals surface area contributed by atoms with Crippen molar-refractivity contribution in [1.29, 1.82) is 0 Å². The van der Waals surface area contributed by atoms with Gasteiger partial charge < -0.3 is 9.80 Å². The van der Waals surface area contributed by atoms with Crippen molar-refractivity contribution < 1.29 is 9.59 Å². The monoisotopic (exact) mass is 342 g/mol. The number of amides is 2. The number of anilines is 1. The molecule has 1 saturated heterocycles. The first-order valence-electron chi connectivity index (χ1n) is 7.93. The van der Waals surface area contributed by atoms with E-state index in [9.17, 15) is 9.59 Å². The number of halogens is 1. The van der Waals surface area contributed by atoms with E-state index in [0.717, 1.165) is 5.56 Å². The molecule has 2 amide bonds. The molecular weight excluding hydrogens is 324 g/mol. The summed E-state index contributed by atoms with van der Waals surface area (Å²) in [4.78, 5) is 28.9. The molecule has 0 spiro atoms. The molecule has 1 unspecified atom stereocenters. The summed E-state index contributed by atoms with van der Waals surface area (Å²) in [6, 6.07) is 14.2. The Labute approximate surface area is 146 Å². The van der Waals surface area contributed by atoms with Crippen LogP contribution in [-0.2, 0) is 4.79 Å².